The summed E-state index contributed by atoms with van der Waals surface area (Å²) < 4.78 is 32.8. The highest BCUT2D eigenvalue weighted by molar-refractivity contribution is 7.99. The summed E-state index contributed by atoms with van der Waals surface area (Å²) in [6.45, 7) is 0. The zero-order valence-corrected chi connectivity index (χ0v) is 19.3. The van der Waals surface area contributed by atoms with Crippen molar-refractivity contribution in [1.29, 1.82) is 0 Å². The third-order valence-electron chi connectivity index (χ3n) is 5.06. The standard InChI is InChI=1S/C26H18N2O4S2/c29-25(15-10-18-5-4-16-27-17-18)28-19-11-13-20(14-12-19)34(30,31)24-9-3-8-23-26(24)32-21-6-1-2-7-22(21)33-23/h1-17H,(H,28,29). The Labute approximate surface area is 201 Å². The number of anilines is 1. The maximum Gasteiger partial charge on any atom is 0.248 e. The molecule has 6 nitrogen and oxygen atoms in total. The number of nitrogens with one attached hydrogen (secondary N) is 1. The van der Waals surface area contributed by atoms with Gasteiger partial charge in [-0.2, -0.15) is 0 Å². The van der Waals surface area contributed by atoms with Crippen molar-refractivity contribution < 1.29 is 17.9 Å². The number of hydrogen-bond acceptors (Lipinski definition) is 6. The molecule has 34 heavy (non-hydrogen) atoms. The number of aromatic nitrogens is 1. The first-order chi connectivity index (χ1) is 16.5. The zero-order chi connectivity index (χ0) is 23.5. The molecule has 2 heterocycles. The Balaban J connectivity index is 1.36. The summed E-state index contributed by atoms with van der Waals surface area (Å²) in [4.78, 5) is 18.1. The summed E-state index contributed by atoms with van der Waals surface area (Å²) in [7, 11) is -3.85. The molecule has 1 aliphatic heterocycles. The number of hydrogen-bond donors (Lipinski definition) is 1. The van der Waals surface area contributed by atoms with Gasteiger partial charge in [0.1, 0.15) is 10.6 Å². The van der Waals surface area contributed by atoms with Gasteiger partial charge >= 0.3 is 0 Å². The van der Waals surface area contributed by atoms with Crippen molar-refractivity contribution in [3.63, 3.8) is 0 Å². The maximum absolute atomic E-state index is 13.4. The van der Waals surface area contributed by atoms with E-state index in [1.54, 1.807) is 48.8 Å². The van der Waals surface area contributed by atoms with Crippen LogP contribution in [-0.4, -0.2) is 19.3 Å². The number of ether oxygens (including phenoxy) is 1. The van der Waals surface area contributed by atoms with E-state index in [0.717, 1.165) is 15.4 Å². The van der Waals surface area contributed by atoms with Crippen molar-refractivity contribution in [3.8, 4) is 11.5 Å². The minimum absolute atomic E-state index is 0.100. The molecule has 0 unspecified atom stereocenters. The molecule has 8 heteroatoms. The normalized spacial score (nSPS) is 12.5. The molecule has 3 aromatic carbocycles. The predicted octanol–water partition coefficient (Wildman–Crippen LogP) is 5.82. The number of fused-ring (bicyclic) bond motifs is 2. The number of carbonyl (C=O) groups is 1. The monoisotopic (exact) mass is 486 g/mol. The van der Waals surface area contributed by atoms with Crippen LogP contribution >= 0.6 is 11.8 Å². The largest absolute Gasteiger partial charge is 0.454 e. The van der Waals surface area contributed by atoms with Gasteiger partial charge in [0.25, 0.3) is 0 Å². The van der Waals surface area contributed by atoms with Gasteiger partial charge in [0, 0.05) is 24.2 Å². The van der Waals surface area contributed by atoms with Crippen LogP contribution in [0.4, 0.5) is 5.69 Å². The predicted molar refractivity (Wildman–Crippen MR) is 131 cm³/mol. The Kier molecular flexibility index (Phi) is 5.91. The van der Waals surface area contributed by atoms with Crippen LogP contribution in [0, 0.1) is 0 Å². The van der Waals surface area contributed by atoms with Crippen LogP contribution in [0.1, 0.15) is 5.56 Å². The SMILES string of the molecule is O=C(C=Cc1cccnc1)Nc1ccc(S(=O)(=O)c2cccc3c2Oc2ccccc2S3)cc1. The lowest BCUT2D eigenvalue weighted by Gasteiger charge is -2.21. The van der Waals surface area contributed by atoms with Crippen molar-refractivity contribution in [3.05, 3.63) is 103 Å². The summed E-state index contributed by atoms with van der Waals surface area (Å²) >= 11 is 1.47. The van der Waals surface area contributed by atoms with E-state index in [2.05, 4.69) is 10.3 Å². The topological polar surface area (TPSA) is 85.4 Å². The Morgan fingerprint density at radius 2 is 1.71 bits per heavy atom. The molecule has 1 aromatic heterocycles. The van der Waals surface area contributed by atoms with Crippen LogP contribution in [0.3, 0.4) is 0 Å². The lowest BCUT2D eigenvalue weighted by atomic mass is 10.2. The summed E-state index contributed by atoms with van der Waals surface area (Å²) in [6, 6.07) is 22.3. The minimum atomic E-state index is -3.85. The number of nitrogens with zero attached hydrogens (tertiary/aromatic N) is 1. The second-order valence-electron chi connectivity index (χ2n) is 7.37. The summed E-state index contributed by atoms with van der Waals surface area (Å²) in [5.74, 6) is 0.616. The molecule has 1 aliphatic rings. The fourth-order valence-electron chi connectivity index (χ4n) is 3.41. The van der Waals surface area contributed by atoms with Crippen LogP contribution < -0.4 is 10.1 Å². The molecular formula is C26H18N2O4S2. The highest BCUT2D eigenvalue weighted by atomic mass is 32.2. The Hall–Kier alpha value is -3.88. The number of pyridine rings is 1. The van der Waals surface area contributed by atoms with E-state index >= 15 is 0 Å². The molecule has 0 saturated heterocycles. The van der Waals surface area contributed by atoms with Crippen LogP contribution in [-0.2, 0) is 14.6 Å². The highest BCUT2D eigenvalue weighted by Gasteiger charge is 2.28. The first-order valence-electron chi connectivity index (χ1n) is 10.3. The van der Waals surface area contributed by atoms with Crippen LogP contribution in [0.25, 0.3) is 6.08 Å². The Morgan fingerprint density at radius 1 is 0.912 bits per heavy atom. The number of amides is 1. The van der Waals surface area contributed by atoms with E-state index in [0.29, 0.717) is 17.2 Å². The Bertz CT molecular complexity index is 1500. The average molecular weight is 487 g/mol. The molecule has 0 saturated carbocycles. The van der Waals surface area contributed by atoms with Gasteiger partial charge in [-0.1, -0.05) is 36.0 Å². The van der Waals surface area contributed by atoms with Gasteiger partial charge in [0.2, 0.25) is 15.7 Å². The van der Waals surface area contributed by atoms with Gasteiger partial charge in [0.15, 0.2) is 5.75 Å². The van der Waals surface area contributed by atoms with Crippen molar-refractivity contribution in [2.24, 2.45) is 0 Å². The lowest BCUT2D eigenvalue weighted by Crippen LogP contribution is -2.09. The average Bonchev–Trinajstić information content (AvgIpc) is 2.87. The lowest BCUT2D eigenvalue weighted by molar-refractivity contribution is -0.111. The molecular weight excluding hydrogens is 468 g/mol. The summed E-state index contributed by atoms with van der Waals surface area (Å²) in [6.07, 6.45) is 6.34. The van der Waals surface area contributed by atoms with Gasteiger partial charge in [-0.05, 0) is 66.2 Å². The molecule has 168 valence electrons. The number of para-hydroxylation sites is 2. The van der Waals surface area contributed by atoms with E-state index in [1.165, 1.54) is 30.0 Å². The number of benzene rings is 3. The maximum atomic E-state index is 13.4. The fourth-order valence-corrected chi connectivity index (χ4v) is 5.86. The second-order valence-corrected chi connectivity index (χ2v) is 10.4. The van der Waals surface area contributed by atoms with Crippen molar-refractivity contribution in [2.45, 2.75) is 19.6 Å². The van der Waals surface area contributed by atoms with Gasteiger partial charge in [-0.25, -0.2) is 8.42 Å². The molecule has 0 bridgehead atoms. The zero-order valence-electron chi connectivity index (χ0n) is 17.7. The smallest absolute Gasteiger partial charge is 0.248 e. The van der Waals surface area contributed by atoms with E-state index in [1.807, 2.05) is 36.4 Å². The number of rotatable bonds is 5. The second kappa shape index (κ2) is 9.17. The van der Waals surface area contributed by atoms with Crippen molar-refractivity contribution in [1.82, 2.24) is 4.98 Å². The number of carbonyl (C=O) groups excluding carboxylic acids is 1. The Morgan fingerprint density at radius 3 is 2.50 bits per heavy atom. The molecule has 5 rings (SSSR count). The molecule has 0 atom stereocenters. The minimum Gasteiger partial charge on any atom is -0.454 e. The molecule has 1 N–H and O–H groups in total. The van der Waals surface area contributed by atoms with Gasteiger partial charge in [-0.15, -0.1) is 0 Å². The molecule has 0 fully saturated rings. The van der Waals surface area contributed by atoms with E-state index in [9.17, 15) is 13.2 Å². The van der Waals surface area contributed by atoms with Crippen LogP contribution in [0.2, 0.25) is 0 Å². The molecule has 0 spiro atoms. The fraction of sp³-hybridized carbons (Fsp3) is 0. The summed E-state index contributed by atoms with van der Waals surface area (Å²) in [5, 5.41) is 2.72. The van der Waals surface area contributed by atoms with Gasteiger partial charge < -0.3 is 10.1 Å². The first kappa shape index (κ1) is 21.9. The van der Waals surface area contributed by atoms with Crippen molar-refractivity contribution in [2.75, 3.05) is 5.32 Å². The third kappa shape index (κ3) is 4.46. The van der Waals surface area contributed by atoms with Gasteiger partial charge in [0.05, 0.1) is 14.7 Å². The molecule has 4 aromatic rings. The molecule has 0 radical (unpaired) electrons. The van der Waals surface area contributed by atoms with Crippen LogP contribution in [0.5, 0.6) is 11.5 Å². The first-order valence-corrected chi connectivity index (χ1v) is 12.6. The molecule has 1 amide bonds. The van der Waals surface area contributed by atoms with Crippen LogP contribution in [0.15, 0.2) is 117 Å². The highest BCUT2D eigenvalue weighted by Crippen LogP contribution is 2.49. The quantitative estimate of drug-likeness (QED) is 0.315. The van der Waals surface area contributed by atoms with E-state index in [4.69, 9.17) is 4.74 Å². The van der Waals surface area contributed by atoms with Gasteiger partial charge in [-0.3, -0.25) is 9.78 Å². The number of sulfone groups is 1. The van der Waals surface area contributed by atoms with E-state index < -0.39 is 9.84 Å². The summed E-state index contributed by atoms with van der Waals surface area (Å²) in [5.41, 5.74) is 1.28. The molecule has 0 aliphatic carbocycles. The third-order valence-corrected chi connectivity index (χ3v) is 7.95. The van der Waals surface area contributed by atoms with E-state index in [-0.39, 0.29) is 15.7 Å². The van der Waals surface area contributed by atoms with Crippen molar-refractivity contribution >= 4 is 39.3 Å².